The van der Waals surface area contributed by atoms with Gasteiger partial charge in [-0.15, -0.1) is 0 Å². The molecular weight excluding hydrogens is 314 g/mol. The maximum absolute atomic E-state index is 12.8. The van der Waals surface area contributed by atoms with Crippen LogP contribution in [0.4, 0.5) is 4.79 Å². The highest BCUT2D eigenvalue weighted by molar-refractivity contribution is 5.75. The standard InChI is InChI=1S/C20H23N3O2/c24-20(22-12-15-5-4-9-21-11-15)23-13-17(16-6-2-1-3-7-16)18-14-25-10-8-19(18)23/h1-7,9,11,17-19H,8,10,12-14H2,(H,22,24). The second-order valence-corrected chi connectivity index (χ2v) is 6.78. The summed E-state index contributed by atoms with van der Waals surface area (Å²) in [5, 5.41) is 3.05. The third-order valence-electron chi connectivity index (χ3n) is 5.33. The van der Waals surface area contributed by atoms with E-state index in [-0.39, 0.29) is 12.1 Å². The van der Waals surface area contributed by atoms with Gasteiger partial charge in [-0.05, 0) is 23.6 Å². The minimum Gasteiger partial charge on any atom is -0.381 e. The lowest BCUT2D eigenvalue weighted by molar-refractivity contribution is 0.0261. The van der Waals surface area contributed by atoms with Crippen molar-refractivity contribution in [2.75, 3.05) is 19.8 Å². The highest BCUT2D eigenvalue weighted by Gasteiger charge is 2.45. The Hall–Kier alpha value is -2.40. The van der Waals surface area contributed by atoms with Gasteiger partial charge in [-0.25, -0.2) is 4.79 Å². The number of nitrogens with one attached hydrogen (secondary N) is 1. The molecule has 0 radical (unpaired) electrons. The summed E-state index contributed by atoms with van der Waals surface area (Å²) >= 11 is 0. The van der Waals surface area contributed by atoms with Crippen LogP contribution in [0.3, 0.4) is 0 Å². The summed E-state index contributed by atoms with van der Waals surface area (Å²) in [6.07, 6.45) is 4.44. The van der Waals surface area contributed by atoms with Crippen molar-refractivity contribution in [1.82, 2.24) is 15.2 Å². The van der Waals surface area contributed by atoms with E-state index in [9.17, 15) is 4.79 Å². The van der Waals surface area contributed by atoms with Crippen LogP contribution in [-0.4, -0.2) is 41.7 Å². The topological polar surface area (TPSA) is 54.5 Å². The number of nitrogens with zero attached hydrogens (tertiary/aromatic N) is 2. The fourth-order valence-corrected chi connectivity index (χ4v) is 4.07. The molecule has 2 aliphatic rings. The van der Waals surface area contributed by atoms with Crippen LogP contribution in [0.1, 0.15) is 23.5 Å². The molecule has 4 rings (SSSR count). The molecular formula is C20H23N3O2. The lowest BCUT2D eigenvalue weighted by Gasteiger charge is -2.32. The third kappa shape index (κ3) is 3.37. The maximum Gasteiger partial charge on any atom is 0.317 e. The molecule has 0 spiro atoms. The van der Waals surface area contributed by atoms with Crippen LogP contribution in [0, 0.1) is 5.92 Å². The van der Waals surface area contributed by atoms with Gasteiger partial charge in [0, 0.05) is 50.0 Å². The monoisotopic (exact) mass is 337 g/mol. The van der Waals surface area contributed by atoms with Crippen LogP contribution in [-0.2, 0) is 11.3 Å². The summed E-state index contributed by atoms with van der Waals surface area (Å²) in [6, 6.07) is 14.6. The molecule has 2 saturated heterocycles. The Labute approximate surface area is 148 Å². The highest BCUT2D eigenvalue weighted by atomic mass is 16.5. The molecule has 1 aromatic carbocycles. The Morgan fingerprint density at radius 2 is 2.12 bits per heavy atom. The van der Waals surface area contributed by atoms with Crippen LogP contribution in [0.15, 0.2) is 54.9 Å². The van der Waals surface area contributed by atoms with Crippen molar-refractivity contribution in [2.24, 2.45) is 5.92 Å². The van der Waals surface area contributed by atoms with E-state index in [1.807, 2.05) is 23.1 Å². The molecule has 0 aliphatic carbocycles. The summed E-state index contributed by atoms with van der Waals surface area (Å²) in [4.78, 5) is 18.9. The van der Waals surface area contributed by atoms with E-state index in [1.165, 1.54) is 5.56 Å². The average Bonchev–Trinajstić information content (AvgIpc) is 3.07. The molecule has 3 heterocycles. The summed E-state index contributed by atoms with van der Waals surface area (Å²) in [5.74, 6) is 0.718. The Morgan fingerprint density at radius 3 is 2.92 bits per heavy atom. The first-order valence-electron chi connectivity index (χ1n) is 8.89. The predicted octanol–water partition coefficient (Wildman–Crippen LogP) is 2.80. The van der Waals surface area contributed by atoms with Crippen molar-refractivity contribution in [2.45, 2.75) is 24.9 Å². The van der Waals surface area contributed by atoms with Crippen molar-refractivity contribution in [3.63, 3.8) is 0 Å². The van der Waals surface area contributed by atoms with Crippen LogP contribution >= 0.6 is 0 Å². The minimum absolute atomic E-state index is 0.0131. The number of fused-ring (bicyclic) bond motifs is 1. The molecule has 2 fully saturated rings. The SMILES string of the molecule is O=C(NCc1cccnc1)N1CC(c2ccccc2)C2COCCC21. The lowest BCUT2D eigenvalue weighted by atomic mass is 9.84. The zero-order valence-electron chi connectivity index (χ0n) is 14.2. The number of benzene rings is 1. The fraction of sp³-hybridized carbons (Fsp3) is 0.400. The molecule has 1 N–H and O–H groups in total. The Morgan fingerprint density at radius 1 is 1.24 bits per heavy atom. The van der Waals surface area contributed by atoms with Crippen LogP contribution in [0.5, 0.6) is 0 Å². The largest absolute Gasteiger partial charge is 0.381 e. The molecule has 5 nitrogen and oxygen atoms in total. The molecule has 0 bridgehead atoms. The molecule has 2 aliphatic heterocycles. The Balaban J connectivity index is 1.48. The van der Waals surface area contributed by atoms with Crippen LogP contribution < -0.4 is 5.32 Å². The minimum atomic E-state index is 0.0131. The van der Waals surface area contributed by atoms with E-state index in [1.54, 1.807) is 12.4 Å². The Kier molecular flexibility index (Phi) is 4.65. The zero-order valence-corrected chi connectivity index (χ0v) is 14.2. The molecule has 3 unspecified atom stereocenters. The highest BCUT2D eigenvalue weighted by Crippen LogP contribution is 2.40. The summed E-state index contributed by atoms with van der Waals surface area (Å²) < 4.78 is 5.73. The first-order valence-corrected chi connectivity index (χ1v) is 8.89. The van der Waals surface area contributed by atoms with Crippen molar-refractivity contribution >= 4 is 6.03 Å². The van der Waals surface area contributed by atoms with Gasteiger partial charge in [-0.2, -0.15) is 0 Å². The second kappa shape index (κ2) is 7.23. The van der Waals surface area contributed by atoms with Gasteiger partial charge in [-0.1, -0.05) is 36.4 Å². The number of likely N-dealkylation sites (tertiary alicyclic amines) is 1. The van der Waals surface area contributed by atoms with Crippen molar-refractivity contribution < 1.29 is 9.53 Å². The molecule has 1 aromatic heterocycles. The van der Waals surface area contributed by atoms with Crippen LogP contribution in [0.2, 0.25) is 0 Å². The molecule has 0 saturated carbocycles. The number of urea groups is 1. The predicted molar refractivity (Wildman–Crippen MR) is 95.1 cm³/mol. The van der Waals surface area contributed by atoms with E-state index >= 15 is 0 Å². The third-order valence-corrected chi connectivity index (χ3v) is 5.33. The number of carbonyl (C=O) groups is 1. The first-order chi connectivity index (χ1) is 12.3. The Bertz CT molecular complexity index is 707. The number of ether oxygens (including phenoxy) is 1. The molecule has 25 heavy (non-hydrogen) atoms. The van der Waals surface area contributed by atoms with Crippen LogP contribution in [0.25, 0.3) is 0 Å². The van der Waals surface area contributed by atoms with E-state index in [0.717, 1.165) is 31.7 Å². The number of pyridine rings is 1. The number of amides is 2. The van der Waals surface area contributed by atoms with E-state index in [2.05, 4.69) is 34.6 Å². The first kappa shape index (κ1) is 16.1. The normalized spacial score (nSPS) is 25.4. The number of aromatic nitrogens is 1. The summed E-state index contributed by atoms with van der Waals surface area (Å²) in [6.45, 7) is 2.72. The molecule has 3 atom stereocenters. The van der Waals surface area contributed by atoms with Gasteiger partial charge < -0.3 is 15.0 Å². The van der Waals surface area contributed by atoms with E-state index in [0.29, 0.717) is 18.4 Å². The molecule has 2 amide bonds. The van der Waals surface area contributed by atoms with Crippen molar-refractivity contribution in [3.8, 4) is 0 Å². The quantitative estimate of drug-likeness (QED) is 0.937. The van der Waals surface area contributed by atoms with Gasteiger partial charge in [0.05, 0.1) is 6.61 Å². The summed E-state index contributed by atoms with van der Waals surface area (Å²) in [5.41, 5.74) is 2.31. The fourth-order valence-electron chi connectivity index (χ4n) is 4.07. The number of carbonyl (C=O) groups excluding carboxylic acids is 1. The number of rotatable bonds is 3. The van der Waals surface area contributed by atoms with Gasteiger partial charge in [-0.3, -0.25) is 4.98 Å². The van der Waals surface area contributed by atoms with Gasteiger partial charge in [0.2, 0.25) is 0 Å². The second-order valence-electron chi connectivity index (χ2n) is 6.78. The van der Waals surface area contributed by atoms with Crippen molar-refractivity contribution in [1.29, 1.82) is 0 Å². The number of hydrogen-bond acceptors (Lipinski definition) is 3. The smallest absolute Gasteiger partial charge is 0.317 e. The van der Waals surface area contributed by atoms with Gasteiger partial charge >= 0.3 is 6.03 Å². The van der Waals surface area contributed by atoms with Gasteiger partial charge in [0.1, 0.15) is 0 Å². The maximum atomic E-state index is 12.8. The molecule has 2 aromatic rings. The molecule has 130 valence electrons. The van der Waals surface area contributed by atoms with Crippen molar-refractivity contribution in [3.05, 3.63) is 66.0 Å². The zero-order chi connectivity index (χ0) is 17.1. The lowest BCUT2D eigenvalue weighted by Crippen LogP contribution is -2.46. The summed E-state index contributed by atoms with van der Waals surface area (Å²) in [7, 11) is 0. The van der Waals surface area contributed by atoms with Gasteiger partial charge in [0.15, 0.2) is 0 Å². The molecule has 5 heteroatoms. The average molecular weight is 337 g/mol. The number of hydrogen-bond donors (Lipinski definition) is 1. The van der Waals surface area contributed by atoms with Gasteiger partial charge in [0.25, 0.3) is 0 Å². The van der Waals surface area contributed by atoms with E-state index < -0.39 is 0 Å². The van der Waals surface area contributed by atoms with E-state index in [4.69, 9.17) is 4.74 Å².